The summed E-state index contributed by atoms with van der Waals surface area (Å²) in [5.41, 5.74) is 5.15. The van der Waals surface area contributed by atoms with Gasteiger partial charge < -0.3 is 20.0 Å². The lowest BCUT2D eigenvalue weighted by atomic mass is 10.0. The number of nitrogens with two attached hydrogens (primary N) is 1. The molecule has 118 valence electrons. The highest BCUT2D eigenvalue weighted by atomic mass is 16.5. The van der Waals surface area contributed by atoms with Crippen LogP contribution in [0.2, 0.25) is 0 Å². The first-order valence-electron chi connectivity index (χ1n) is 7.36. The monoisotopic (exact) mass is 305 g/mol. The quantitative estimate of drug-likeness (QED) is 0.862. The Balaban J connectivity index is 1.64. The van der Waals surface area contributed by atoms with Gasteiger partial charge in [0.15, 0.2) is 5.76 Å². The van der Waals surface area contributed by atoms with Gasteiger partial charge in [0.2, 0.25) is 11.7 Å². The largest absolute Gasteiger partial charge is 0.461 e. The van der Waals surface area contributed by atoms with Gasteiger partial charge in [-0.2, -0.15) is 4.98 Å². The van der Waals surface area contributed by atoms with Crippen molar-refractivity contribution >= 4 is 6.03 Å². The van der Waals surface area contributed by atoms with E-state index < -0.39 is 6.03 Å². The van der Waals surface area contributed by atoms with Crippen molar-refractivity contribution in [3.05, 3.63) is 24.3 Å². The van der Waals surface area contributed by atoms with Crippen LogP contribution in [0, 0.1) is 0 Å². The van der Waals surface area contributed by atoms with E-state index in [9.17, 15) is 4.79 Å². The van der Waals surface area contributed by atoms with Crippen molar-refractivity contribution in [3.63, 3.8) is 0 Å². The molecule has 0 aliphatic carbocycles. The van der Waals surface area contributed by atoms with Crippen molar-refractivity contribution in [2.45, 2.75) is 31.8 Å². The first-order chi connectivity index (χ1) is 10.7. The molecule has 3 heterocycles. The fourth-order valence-electron chi connectivity index (χ4n) is 2.72. The van der Waals surface area contributed by atoms with E-state index in [1.165, 1.54) is 0 Å². The minimum atomic E-state index is -0.497. The third-order valence-corrected chi connectivity index (χ3v) is 3.81. The van der Waals surface area contributed by atoms with Crippen LogP contribution in [0.5, 0.6) is 0 Å². The van der Waals surface area contributed by atoms with Gasteiger partial charge in [0.05, 0.1) is 12.8 Å². The Morgan fingerprint density at radius 3 is 3.18 bits per heavy atom. The van der Waals surface area contributed by atoms with E-state index in [-0.39, 0.29) is 6.04 Å². The Labute approximate surface area is 127 Å². The Bertz CT molecular complexity index is 610. The topological polar surface area (TPSA) is 110 Å². The second-order valence-corrected chi connectivity index (χ2v) is 5.35. The summed E-state index contributed by atoms with van der Waals surface area (Å²) in [6.45, 7) is 2.02. The summed E-state index contributed by atoms with van der Waals surface area (Å²) < 4.78 is 10.5. The number of nitrogens with one attached hydrogen (secondary N) is 1. The normalized spacial score (nSPS) is 19.2. The highest BCUT2D eigenvalue weighted by molar-refractivity contribution is 5.71. The van der Waals surface area contributed by atoms with E-state index in [2.05, 4.69) is 20.4 Å². The second kappa shape index (κ2) is 6.61. The molecule has 1 aliphatic rings. The number of piperidine rings is 1. The summed E-state index contributed by atoms with van der Waals surface area (Å²) in [5, 5.41) is 6.60. The maximum absolute atomic E-state index is 10.9. The summed E-state index contributed by atoms with van der Waals surface area (Å²) >= 11 is 0. The minimum Gasteiger partial charge on any atom is -0.461 e. The van der Waals surface area contributed by atoms with Gasteiger partial charge in [-0.05, 0) is 31.5 Å². The van der Waals surface area contributed by atoms with Gasteiger partial charge >= 0.3 is 6.03 Å². The summed E-state index contributed by atoms with van der Waals surface area (Å²) in [6.07, 6.45) is 4.84. The number of aromatic nitrogens is 2. The van der Waals surface area contributed by atoms with E-state index in [1.807, 2.05) is 0 Å². The van der Waals surface area contributed by atoms with Crippen LogP contribution in [0.25, 0.3) is 11.6 Å². The average Bonchev–Trinajstić information content (AvgIpc) is 3.17. The molecule has 3 rings (SSSR count). The van der Waals surface area contributed by atoms with Crippen molar-refractivity contribution in [1.82, 2.24) is 20.4 Å². The smallest absolute Gasteiger partial charge is 0.312 e. The average molecular weight is 305 g/mol. The third kappa shape index (κ3) is 3.45. The molecular formula is C14H19N5O3. The van der Waals surface area contributed by atoms with Crippen molar-refractivity contribution in [1.29, 1.82) is 0 Å². The molecule has 2 aromatic heterocycles. The Morgan fingerprint density at radius 1 is 1.50 bits per heavy atom. The first-order valence-corrected chi connectivity index (χ1v) is 7.36. The lowest BCUT2D eigenvalue weighted by molar-refractivity contribution is 0.123. The zero-order valence-electron chi connectivity index (χ0n) is 12.2. The number of nitrogens with zero attached hydrogens (tertiary/aromatic N) is 3. The molecule has 1 aliphatic heterocycles. The number of amides is 2. The van der Waals surface area contributed by atoms with Gasteiger partial charge in [0.25, 0.3) is 0 Å². The minimum absolute atomic E-state index is 0.236. The fraction of sp³-hybridized carbons (Fsp3) is 0.500. The lowest BCUT2D eigenvalue weighted by Crippen LogP contribution is -2.47. The molecule has 0 spiro atoms. The maximum atomic E-state index is 10.9. The van der Waals surface area contributed by atoms with Crippen molar-refractivity contribution in [3.8, 4) is 11.6 Å². The van der Waals surface area contributed by atoms with Crippen molar-refractivity contribution in [2.24, 2.45) is 5.73 Å². The van der Waals surface area contributed by atoms with Crippen LogP contribution in [-0.4, -0.2) is 40.2 Å². The van der Waals surface area contributed by atoms with Gasteiger partial charge in [-0.1, -0.05) is 11.6 Å². The fourth-order valence-corrected chi connectivity index (χ4v) is 2.72. The highest BCUT2D eigenvalue weighted by Crippen LogP contribution is 2.21. The summed E-state index contributed by atoms with van der Waals surface area (Å²) in [6, 6.07) is 3.31. The number of furan rings is 1. The van der Waals surface area contributed by atoms with Crippen molar-refractivity contribution in [2.75, 3.05) is 13.1 Å². The first kappa shape index (κ1) is 14.6. The molecule has 0 aromatic carbocycles. The van der Waals surface area contributed by atoms with Crippen LogP contribution in [0.3, 0.4) is 0 Å². The molecule has 2 aromatic rings. The molecule has 8 nitrogen and oxygen atoms in total. The van der Waals surface area contributed by atoms with Crippen molar-refractivity contribution < 1.29 is 13.7 Å². The van der Waals surface area contributed by atoms with Gasteiger partial charge in [-0.3, -0.25) is 4.90 Å². The Hall–Kier alpha value is -2.35. The van der Waals surface area contributed by atoms with E-state index in [0.717, 1.165) is 25.8 Å². The Kier molecular flexibility index (Phi) is 4.38. The lowest BCUT2D eigenvalue weighted by Gasteiger charge is -2.34. The number of rotatable bonds is 5. The van der Waals surface area contributed by atoms with Gasteiger partial charge in [-0.25, -0.2) is 4.79 Å². The van der Waals surface area contributed by atoms with Crippen LogP contribution in [-0.2, 0) is 6.54 Å². The van der Waals surface area contributed by atoms with E-state index in [0.29, 0.717) is 30.6 Å². The number of hydrogen-bond acceptors (Lipinski definition) is 6. The number of carbonyl (C=O) groups is 1. The molecular weight excluding hydrogens is 286 g/mol. The summed E-state index contributed by atoms with van der Waals surface area (Å²) in [5.74, 6) is 1.57. The molecule has 0 unspecified atom stereocenters. The standard InChI is InChI=1S/C14H19N5O3/c15-14(20)16-8-10-4-1-2-6-19(10)9-12-17-13(18-22-12)11-5-3-7-21-11/h3,5,7,10H,1-2,4,6,8-9H2,(H3,15,16,20)/t10-/m1/s1. The molecule has 0 bridgehead atoms. The van der Waals surface area contributed by atoms with E-state index in [4.69, 9.17) is 14.7 Å². The van der Waals surface area contributed by atoms with Crippen LogP contribution in [0.15, 0.2) is 27.3 Å². The molecule has 3 N–H and O–H groups in total. The predicted molar refractivity (Wildman–Crippen MR) is 77.6 cm³/mol. The summed E-state index contributed by atoms with van der Waals surface area (Å²) in [4.78, 5) is 17.5. The zero-order valence-corrected chi connectivity index (χ0v) is 12.2. The highest BCUT2D eigenvalue weighted by Gasteiger charge is 2.24. The van der Waals surface area contributed by atoms with Gasteiger partial charge in [0.1, 0.15) is 0 Å². The third-order valence-electron chi connectivity index (χ3n) is 3.81. The number of urea groups is 1. The zero-order chi connectivity index (χ0) is 15.4. The molecule has 0 radical (unpaired) electrons. The van der Waals surface area contributed by atoms with Gasteiger partial charge in [0, 0.05) is 12.6 Å². The van der Waals surface area contributed by atoms with Crippen LogP contribution < -0.4 is 11.1 Å². The Morgan fingerprint density at radius 2 is 2.41 bits per heavy atom. The molecule has 1 fully saturated rings. The molecule has 2 amide bonds. The van der Waals surface area contributed by atoms with E-state index in [1.54, 1.807) is 18.4 Å². The van der Waals surface area contributed by atoms with Gasteiger partial charge in [-0.15, -0.1) is 0 Å². The van der Waals surface area contributed by atoms with Crippen LogP contribution in [0.4, 0.5) is 4.79 Å². The SMILES string of the molecule is NC(=O)NC[C@H]1CCCCN1Cc1nc(-c2ccco2)no1. The number of carbonyl (C=O) groups excluding carboxylic acids is 1. The number of likely N-dealkylation sites (tertiary alicyclic amines) is 1. The van der Waals surface area contributed by atoms with Crippen LogP contribution in [0.1, 0.15) is 25.2 Å². The molecule has 22 heavy (non-hydrogen) atoms. The molecule has 1 atom stereocenters. The molecule has 8 heteroatoms. The van der Waals surface area contributed by atoms with Crippen LogP contribution >= 0.6 is 0 Å². The maximum Gasteiger partial charge on any atom is 0.312 e. The van der Waals surface area contributed by atoms with E-state index >= 15 is 0 Å². The summed E-state index contributed by atoms with van der Waals surface area (Å²) in [7, 11) is 0. The molecule has 1 saturated heterocycles. The number of hydrogen-bond donors (Lipinski definition) is 2. The number of primary amides is 1. The second-order valence-electron chi connectivity index (χ2n) is 5.35. The predicted octanol–water partition coefficient (Wildman–Crippen LogP) is 1.35. The molecule has 0 saturated carbocycles.